The zero-order valence-electron chi connectivity index (χ0n) is 14.4. The number of nitrogens with zero attached hydrogens (tertiary/aromatic N) is 1. The molecule has 0 aliphatic carbocycles. The van der Waals surface area contributed by atoms with Crippen molar-refractivity contribution in [2.45, 2.75) is 72.1 Å². The van der Waals surface area contributed by atoms with Gasteiger partial charge in [0.15, 0.2) is 0 Å². The number of allylic oxidation sites excluding steroid dienone is 1. The van der Waals surface area contributed by atoms with Crippen LogP contribution in [0.25, 0.3) is 0 Å². The number of rotatable bonds is 12. The Hall–Kier alpha value is 0.297. The van der Waals surface area contributed by atoms with E-state index in [1.54, 1.807) is 0 Å². The van der Waals surface area contributed by atoms with Crippen molar-refractivity contribution in [2.24, 2.45) is 0 Å². The van der Waals surface area contributed by atoms with Crippen LogP contribution in [0.1, 0.15) is 73.6 Å². The Morgan fingerprint density at radius 2 is 1.33 bits per heavy atom. The third kappa shape index (κ3) is 14.4. The van der Waals surface area contributed by atoms with Gasteiger partial charge >= 0.3 is 18.9 Å². The van der Waals surface area contributed by atoms with Crippen molar-refractivity contribution in [2.75, 3.05) is 19.6 Å². The summed E-state index contributed by atoms with van der Waals surface area (Å²) in [6.45, 7) is 10.4. The molecule has 104 valence electrons. The molecule has 0 aromatic heterocycles. The monoisotopic (exact) mass is 247 g/mol. The quantitative estimate of drug-likeness (QED) is 0.290. The van der Waals surface area contributed by atoms with E-state index in [9.17, 15) is 0 Å². The molecule has 0 aliphatic rings. The van der Waals surface area contributed by atoms with Crippen LogP contribution in [0.3, 0.4) is 0 Å². The molecular formula is C16H34LiN. The first-order valence-corrected chi connectivity index (χ1v) is 7.68. The first-order valence-electron chi connectivity index (χ1n) is 7.68. The first kappa shape index (κ1) is 20.6. The fourth-order valence-corrected chi connectivity index (χ4v) is 2.07. The molecular weight excluding hydrogens is 213 g/mol. The van der Waals surface area contributed by atoms with E-state index in [1.165, 1.54) is 64.5 Å². The van der Waals surface area contributed by atoms with E-state index in [0.717, 1.165) is 6.54 Å². The van der Waals surface area contributed by atoms with Crippen LogP contribution in [0, 0.1) is 0 Å². The van der Waals surface area contributed by atoms with Crippen molar-refractivity contribution < 1.29 is 20.3 Å². The van der Waals surface area contributed by atoms with Gasteiger partial charge in [-0.1, -0.05) is 64.5 Å². The number of hydrogen-bond acceptors (Lipinski definition) is 1. The predicted octanol–water partition coefficient (Wildman–Crippen LogP) is 2.14. The maximum Gasteiger partial charge on any atom is 1.00 e. The summed E-state index contributed by atoms with van der Waals surface area (Å²) in [4.78, 5) is 2.62. The van der Waals surface area contributed by atoms with Crippen LogP contribution >= 0.6 is 0 Å². The van der Waals surface area contributed by atoms with Gasteiger partial charge in [0.1, 0.15) is 0 Å². The van der Waals surface area contributed by atoms with Gasteiger partial charge in [0, 0.05) is 6.54 Å². The molecule has 1 nitrogen and oxygen atoms in total. The molecule has 0 bridgehead atoms. The van der Waals surface area contributed by atoms with E-state index in [1.807, 2.05) is 0 Å². The molecule has 0 aromatic carbocycles. The van der Waals surface area contributed by atoms with Crippen molar-refractivity contribution in [3.8, 4) is 0 Å². The largest absolute Gasteiger partial charge is 1.00 e. The molecule has 0 spiro atoms. The number of unbranched alkanes of at least 4 members (excludes halogenated alkanes) is 6. The van der Waals surface area contributed by atoms with Crippen LogP contribution in [0.5, 0.6) is 0 Å². The molecule has 0 aromatic rings. The second-order valence-electron chi connectivity index (χ2n) is 4.99. The summed E-state index contributed by atoms with van der Waals surface area (Å²) >= 11 is 0. The molecule has 2 heteroatoms. The van der Waals surface area contributed by atoms with Gasteiger partial charge in [-0.2, -0.15) is 0 Å². The van der Waals surface area contributed by atoms with Gasteiger partial charge in [-0.15, -0.1) is 0 Å². The minimum Gasteiger partial charge on any atom is -1.00 e. The smallest absolute Gasteiger partial charge is 1.00 e. The van der Waals surface area contributed by atoms with E-state index >= 15 is 0 Å². The van der Waals surface area contributed by atoms with Crippen molar-refractivity contribution in [3.63, 3.8) is 0 Å². The molecule has 0 fully saturated rings. The van der Waals surface area contributed by atoms with Crippen molar-refractivity contribution in [1.29, 1.82) is 0 Å². The molecule has 0 amide bonds. The third-order valence-electron chi connectivity index (χ3n) is 3.26. The Morgan fingerprint density at radius 3 is 1.72 bits per heavy atom. The zero-order valence-corrected chi connectivity index (χ0v) is 13.4. The summed E-state index contributed by atoms with van der Waals surface area (Å²) in [6.07, 6.45) is 15.5. The summed E-state index contributed by atoms with van der Waals surface area (Å²) < 4.78 is 0. The van der Waals surface area contributed by atoms with Gasteiger partial charge in [-0.05, 0) is 32.9 Å². The second kappa shape index (κ2) is 17.3. The zero-order chi connectivity index (χ0) is 12.8. The van der Waals surface area contributed by atoms with Crippen molar-refractivity contribution >= 4 is 0 Å². The predicted molar refractivity (Wildman–Crippen MR) is 80.7 cm³/mol. The minimum absolute atomic E-state index is 0. The standard InChI is InChI=1S/C16H33N.Li.H/c1-4-7-10-12-15-17(14-9-6-3)16-13-11-8-5-2;;/h6,9H,4-5,7-8,10-16H2,1-3H3;;/q;+1;-1/b9-6+;;. The third-order valence-corrected chi connectivity index (χ3v) is 3.26. The Labute approximate surface area is 129 Å². The van der Waals surface area contributed by atoms with Crippen LogP contribution in [-0.2, 0) is 0 Å². The average Bonchev–Trinajstić information content (AvgIpc) is 2.35. The molecule has 18 heavy (non-hydrogen) atoms. The van der Waals surface area contributed by atoms with Gasteiger partial charge in [-0.3, -0.25) is 4.90 Å². The molecule has 0 aliphatic heterocycles. The first-order chi connectivity index (χ1) is 8.35. The maximum absolute atomic E-state index is 2.62. The summed E-state index contributed by atoms with van der Waals surface area (Å²) in [6, 6.07) is 0. The number of hydrogen-bond donors (Lipinski definition) is 0. The fourth-order valence-electron chi connectivity index (χ4n) is 2.07. The van der Waals surface area contributed by atoms with Crippen LogP contribution in [0.2, 0.25) is 0 Å². The van der Waals surface area contributed by atoms with Gasteiger partial charge in [0.2, 0.25) is 0 Å². The molecule has 0 radical (unpaired) electrons. The van der Waals surface area contributed by atoms with Gasteiger partial charge < -0.3 is 1.43 Å². The van der Waals surface area contributed by atoms with Gasteiger partial charge in [-0.25, -0.2) is 0 Å². The van der Waals surface area contributed by atoms with Crippen LogP contribution in [0.4, 0.5) is 0 Å². The van der Waals surface area contributed by atoms with E-state index < -0.39 is 0 Å². The average molecular weight is 247 g/mol. The summed E-state index contributed by atoms with van der Waals surface area (Å²) in [5.74, 6) is 0. The molecule has 0 atom stereocenters. The second-order valence-corrected chi connectivity index (χ2v) is 4.99. The molecule has 0 N–H and O–H groups in total. The molecule has 0 unspecified atom stereocenters. The summed E-state index contributed by atoms with van der Waals surface area (Å²) in [5, 5.41) is 0. The fraction of sp³-hybridized carbons (Fsp3) is 0.875. The normalized spacial score (nSPS) is 11.1. The Bertz CT molecular complexity index is 162. The van der Waals surface area contributed by atoms with Crippen molar-refractivity contribution in [1.82, 2.24) is 4.90 Å². The summed E-state index contributed by atoms with van der Waals surface area (Å²) in [7, 11) is 0. The van der Waals surface area contributed by atoms with Crippen LogP contribution < -0.4 is 18.9 Å². The minimum atomic E-state index is 0. The van der Waals surface area contributed by atoms with E-state index in [-0.39, 0.29) is 20.3 Å². The molecule has 0 rings (SSSR count). The Morgan fingerprint density at radius 1 is 0.833 bits per heavy atom. The van der Waals surface area contributed by atoms with Gasteiger partial charge in [0.25, 0.3) is 0 Å². The Balaban J connectivity index is -0.00000128. The van der Waals surface area contributed by atoms with E-state index in [0.29, 0.717) is 0 Å². The Kier molecular flexibility index (Phi) is 19.8. The summed E-state index contributed by atoms with van der Waals surface area (Å²) in [5.41, 5.74) is 0. The van der Waals surface area contributed by atoms with E-state index in [4.69, 9.17) is 0 Å². The van der Waals surface area contributed by atoms with Crippen LogP contribution in [-0.4, -0.2) is 24.5 Å². The van der Waals surface area contributed by atoms with Crippen LogP contribution in [0.15, 0.2) is 12.2 Å². The van der Waals surface area contributed by atoms with Gasteiger partial charge in [0.05, 0.1) is 0 Å². The maximum atomic E-state index is 2.62. The van der Waals surface area contributed by atoms with Crippen molar-refractivity contribution in [3.05, 3.63) is 12.2 Å². The molecule has 0 saturated heterocycles. The molecule has 0 heterocycles. The topological polar surface area (TPSA) is 3.24 Å². The SMILES string of the molecule is C/C=C/CN(CCCCCC)CCCCCC.[H-].[Li+]. The molecule has 0 saturated carbocycles. The van der Waals surface area contributed by atoms with E-state index in [2.05, 4.69) is 37.8 Å².